The lowest BCUT2D eigenvalue weighted by Crippen LogP contribution is -2.36. The number of pyridine rings is 1. The van der Waals surface area contributed by atoms with Gasteiger partial charge in [0.2, 0.25) is 11.8 Å². The summed E-state index contributed by atoms with van der Waals surface area (Å²) in [6.07, 6.45) is 5.10. The molecule has 1 unspecified atom stereocenters. The van der Waals surface area contributed by atoms with Gasteiger partial charge in [-0.15, -0.1) is 0 Å². The minimum Gasteiger partial charge on any atom is -0.349 e. The number of carbonyl (C=O) groups excluding carboxylic acids is 2. The monoisotopic (exact) mass is 512 g/mol. The number of nitrogens with one attached hydrogen (secondary N) is 3. The molecule has 0 saturated heterocycles. The molecule has 4 aromatic rings. The van der Waals surface area contributed by atoms with Crippen molar-refractivity contribution in [2.24, 2.45) is 11.8 Å². The van der Waals surface area contributed by atoms with E-state index in [0.29, 0.717) is 33.4 Å². The van der Waals surface area contributed by atoms with Gasteiger partial charge < -0.3 is 10.6 Å². The predicted molar refractivity (Wildman–Crippen MR) is 131 cm³/mol. The van der Waals surface area contributed by atoms with Gasteiger partial charge in [0.15, 0.2) is 5.82 Å². The lowest BCUT2D eigenvalue weighted by molar-refractivity contribution is -0.128. The number of rotatable bonds is 6. The van der Waals surface area contributed by atoms with Crippen LogP contribution in [0.15, 0.2) is 30.6 Å². The fourth-order valence-corrected chi connectivity index (χ4v) is 5.08. The van der Waals surface area contributed by atoms with Gasteiger partial charge in [0, 0.05) is 34.7 Å². The Hall–Kier alpha value is -3.53. The first-order chi connectivity index (χ1) is 17.3. The molecule has 6 rings (SSSR count). The maximum Gasteiger partial charge on any atom is 0.231 e. The summed E-state index contributed by atoms with van der Waals surface area (Å²) >= 11 is 6.59. The first kappa shape index (κ1) is 22.9. The van der Waals surface area contributed by atoms with Gasteiger partial charge in [-0.25, -0.2) is 13.3 Å². The largest absolute Gasteiger partial charge is 0.349 e. The second kappa shape index (κ2) is 8.55. The number of anilines is 1. The van der Waals surface area contributed by atoms with E-state index < -0.39 is 29.9 Å². The maximum atomic E-state index is 15.7. The highest BCUT2D eigenvalue weighted by Crippen LogP contribution is 2.41. The Kier molecular flexibility index (Phi) is 5.44. The minimum absolute atomic E-state index is 0.0257. The van der Waals surface area contributed by atoms with Crippen molar-refractivity contribution in [3.63, 3.8) is 0 Å². The number of aromatic nitrogens is 4. The van der Waals surface area contributed by atoms with Gasteiger partial charge in [-0.05, 0) is 43.9 Å². The number of carbonyl (C=O) groups is 2. The topological polar surface area (TPSA) is 104 Å². The highest BCUT2D eigenvalue weighted by Gasteiger charge is 2.43. The van der Waals surface area contributed by atoms with Crippen LogP contribution < -0.4 is 10.6 Å². The summed E-state index contributed by atoms with van der Waals surface area (Å²) in [6.45, 7) is 1.73. The van der Waals surface area contributed by atoms with Crippen LogP contribution in [0.4, 0.5) is 14.6 Å². The molecule has 11 heteroatoms. The zero-order chi connectivity index (χ0) is 25.1. The number of hydrogen-bond donors (Lipinski definition) is 3. The first-order valence-electron chi connectivity index (χ1n) is 11.9. The van der Waals surface area contributed by atoms with Crippen molar-refractivity contribution in [1.82, 2.24) is 25.1 Å². The lowest BCUT2D eigenvalue weighted by Gasteiger charge is -2.27. The quantitative estimate of drug-likeness (QED) is 0.340. The number of amides is 2. The molecule has 2 saturated carbocycles. The van der Waals surface area contributed by atoms with E-state index in [2.05, 4.69) is 25.9 Å². The summed E-state index contributed by atoms with van der Waals surface area (Å²) in [5, 5.41) is 17.4. The molecular formula is C25H23ClF2N6O2. The highest BCUT2D eigenvalue weighted by atomic mass is 35.5. The van der Waals surface area contributed by atoms with Crippen LogP contribution in [0.3, 0.4) is 0 Å². The number of alkyl halides is 1. The lowest BCUT2D eigenvalue weighted by atomic mass is 9.84. The first-order valence-corrected chi connectivity index (χ1v) is 12.3. The van der Waals surface area contributed by atoms with Crippen LogP contribution in [0.2, 0.25) is 5.02 Å². The van der Waals surface area contributed by atoms with E-state index >= 15 is 4.39 Å². The Morgan fingerprint density at radius 2 is 2.06 bits per heavy atom. The van der Waals surface area contributed by atoms with E-state index in [1.807, 2.05) is 0 Å². The Bertz CT molecular complexity index is 1530. The van der Waals surface area contributed by atoms with Gasteiger partial charge in [0.1, 0.15) is 12.0 Å². The molecule has 0 aliphatic heterocycles. The zero-order valence-electron chi connectivity index (χ0n) is 19.3. The van der Waals surface area contributed by atoms with Crippen LogP contribution in [0, 0.1) is 17.7 Å². The second-order valence-corrected chi connectivity index (χ2v) is 9.97. The SMILES string of the molecule is CC(NC(=O)C1CCC1)c1c(F)c(Cl)c(-c2ccn3nc(NC(=O)[C@@H]4C[C@@H]4F)cc3c2)c2cn[nH]c12. The number of H-pyrrole nitrogens is 1. The number of fused-ring (bicyclic) bond motifs is 2. The fraction of sp³-hybridized carbons (Fsp3) is 0.360. The number of benzene rings is 1. The second-order valence-electron chi connectivity index (χ2n) is 9.60. The summed E-state index contributed by atoms with van der Waals surface area (Å²) in [7, 11) is 0. The smallest absolute Gasteiger partial charge is 0.231 e. The van der Waals surface area contributed by atoms with Crippen LogP contribution in [0.1, 0.15) is 44.2 Å². The van der Waals surface area contributed by atoms with Crippen LogP contribution in [-0.4, -0.2) is 37.8 Å². The Morgan fingerprint density at radius 1 is 1.28 bits per heavy atom. The van der Waals surface area contributed by atoms with E-state index in [1.165, 1.54) is 0 Å². The van der Waals surface area contributed by atoms with Gasteiger partial charge in [0.25, 0.3) is 0 Å². The third-order valence-corrected chi connectivity index (χ3v) is 7.50. The summed E-state index contributed by atoms with van der Waals surface area (Å²) in [4.78, 5) is 24.5. The fourth-order valence-electron chi connectivity index (χ4n) is 4.76. The molecule has 3 atom stereocenters. The van der Waals surface area contributed by atoms with Gasteiger partial charge >= 0.3 is 0 Å². The van der Waals surface area contributed by atoms with E-state index in [1.54, 1.807) is 42.0 Å². The van der Waals surface area contributed by atoms with Gasteiger partial charge in [0.05, 0.1) is 34.2 Å². The molecule has 3 N–H and O–H groups in total. The normalized spacial score (nSPS) is 20.3. The van der Waals surface area contributed by atoms with Crippen molar-refractivity contribution < 1.29 is 18.4 Å². The van der Waals surface area contributed by atoms with Gasteiger partial charge in [-0.2, -0.15) is 10.2 Å². The molecule has 186 valence electrons. The molecule has 3 aromatic heterocycles. The van der Waals surface area contributed by atoms with E-state index in [9.17, 15) is 14.0 Å². The predicted octanol–water partition coefficient (Wildman–Crippen LogP) is 4.94. The molecule has 0 spiro atoms. The molecule has 0 bridgehead atoms. The number of halogens is 3. The van der Waals surface area contributed by atoms with Gasteiger partial charge in [-0.1, -0.05) is 18.0 Å². The molecule has 1 aromatic carbocycles. The van der Waals surface area contributed by atoms with Crippen molar-refractivity contribution in [3.8, 4) is 11.1 Å². The molecule has 36 heavy (non-hydrogen) atoms. The molecule has 2 aliphatic rings. The summed E-state index contributed by atoms with van der Waals surface area (Å²) in [5.41, 5.74) is 2.42. The Labute approximate surface area is 209 Å². The molecule has 3 heterocycles. The summed E-state index contributed by atoms with van der Waals surface area (Å²) in [5.74, 6) is -1.46. The van der Waals surface area contributed by atoms with Crippen molar-refractivity contribution >= 4 is 45.7 Å². The van der Waals surface area contributed by atoms with Crippen molar-refractivity contribution in [2.75, 3.05) is 5.32 Å². The number of hydrogen-bond acceptors (Lipinski definition) is 4. The highest BCUT2D eigenvalue weighted by molar-refractivity contribution is 6.35. The van der Waals surface area contributed by atoms with Crippen molar-refractivity contribution in [1.29, 1.82) is 0 Å². The summed E-state index contributed by atoms with van der Waals surface area (Å²) < 4.78 is 30.4. The third-order valence-electron chi connectivity index (χ3n) is 7.15. The average Bonchev–Trinajstić information content (AvgIpc) is 3.15. The van der Waals surface area contributed by atoms with Crippen LogP contribution >= 0.6 is 11.6 Å². The standard InChI is InChI=1S/C25H23ClF2N6O2/c1-11(30-24(35)12-3-2-4-12)19-22(28)21(26)20(16-10-29-32-23(16)19)13-5-6-34-14(7-13)8-18(33-34)31-25(36)15-9-17(15)27/h5-8,10-12,15,17H,2-4,9H2,1H3,(H,29,32)(H,30,35)(H,31,33,36)/t11?,15-,17+/m1/s1. The van der Waals surface area contributed by atoms with E-state index in [-0.39, 0.29) is 28.8 Å². The molecular weight excluding hydrogens is 490 g/mol. The molecule has 2 aliphatic carbocycles. The summed E-state index contributed by atoms with van der Waals surface area (Å²) in [6, 6.07) is 4.55. The van der Waals surface area contributed by atoms with Crippen molar-refractivity contribution in [3.05, 3.63) is 47.0 Å². The Balaban J connectivity index is 1.35. The molecule has 2 amide bonds. The van der Waals surface area contributed by atoms with Gasteiger partial charge in [-0.3, -0.25) is 14.7 Å². The number of nitrogens with zero attached hydrogens (tertiary/aromatic N) is 3. The van der Waals surface area contributed by atoms with Crippen LogP contribution in [0.25, 0.3) is 27.5 Å². The molecule has 2 fully saturated rings. The maximum absolute atomic E-state index is 15.7. The van der Waals surface area contributed by atoms with E-state index in [0.717, 1.165) is 19.3 Å². The van der Waals surface area contributed by atoms with Crippen LogP contribution in [-0.2, 0) is 9.59 Å². The average molecular weight is 513 g/mol. The van der Waals surface area contributed by atoms with Crippen LogP contribution in [0.5, 0.6) is 0 Å². The molecule has 8 nitrogen and oxygen atoms in total. The van der Waals surface area contributed by atoms with E-state index in [4.69, 9.17) is 11.6 Å². The number of aromatic amines is 1. The third kappa shape index (κ3) is 3.80. The zero-order valence-corrected chi connectivity index (χ0v) is 20.1. The minimum atomic E-state index is -1.10. The molecule has 0 radical (unpaired) electrons. The van der Waals surface area contributed by atoms with Crippen molar-refractivity contribution in [2.45, 2.75) is 44.8 Å². The Morgan fingerprint density at radius 3 is 2.75 bits per heavy atom.